The lowest BCUT2D eigenvalue weighted by atomic mass is 9.91. The van der Waals surface area contributed by atoms with Gasteiger partial charge < -0.3 is 15.6 Å². The number of ether oxygens (including phenoxy) is 1. The zero-order valence-corrected chi connectivity index (χ0v) is 12.3. The van der Waals surface area contributed by atoms with Crippen LogP contribution in [0.25, 0.3) is 0 Å². The summed E-state index contributed by atoms with van der Waals surface area (Å²) in [4.78, 5) is 2.46. The van der Waals surface area contributed by atoms with Gasteiger partial charge in [-0.15, -0.1) is 0 Å². The molecule has 0 unspecified atom stereocenters. The van der Waals surface area contributed by atoms with Gasteiger partial charge in [0.1, 0.15) is 5.75 Å². The SMILES string of the molecule is CCOc1ccc(N)cc1CN(CCCO)C1CCC1. The van der Waals surface area contributed by atoms with Crippen LogP contribution in [0.1, 0.15) is 38.2 Å². The molecular formula is C16H26N2O2. The van der Waals surface area contributed by atoms with Crippen molar-refractivity contribution >= 4 is 5.69 Å². The van der Waals surface area contributed by atoms with Crippen LogP contribution in [0.4, 0.5) is 5.69 Å². The molecule has 4 heteroatoms. The summed E-state index contributed by atoms with van der Waals surface area (Å²) in [5.74, 6) is 0.926. The molecule has 112 valence electrons. The van der Waals surface area contributed by atoms with Crippen LogP contribution in [-0.2, 0) is 6.54 Å². The molecule has 0 saturated heterocycles. The van der Waals surface area contributed by atoms with Gasteiger partial charge in [0.15, 0.2) is 0 Å². The topological polar surface area (TPSA) is 58.7 Å². The molecule has 20 heavy (non-hydrogen) atoms. The fourth-order valence-corrected chi connectivity index (χ4v) is 2.65. The Morgan fingerprint density at radius 1 is 1.40 bits per heavy atom. The van der Waals surface area contributed by atoms with Crippen LogP contribution in [-0.4, -0.2) is 35.8 Å². The summed E-state index contributed by atoms with van der Waals surface area (Å²) in [7, 11) is 0. The van der Waals surface area contributed by atoms with Gasteiger partial charge in [-0.05, 0) is 44.4 Å². The lowest BCUT2D eigenvalue weighted by Crippen LogP contribution is -2.40. The van der Waals surface area contributed by atoms with Crippen LogP contribution in [0.15, 0.2) is 18.2 Å². The quantitative estimate of drug-likeness (QED) is 0.717. The maximum absolute atomic E-state index is 9.07. The zero-order chi connectivity index (χ0) is 14.4. The second kappa shape index (κ2) is 7.50. The third-order valence-corrected chi connectivity index (χ3v) is 3.95. The molecule has 4 nitrogen and oxygen atoms in total. The van der Waals surface area contributed by atoms with Gasteiger partial charge in [0.25, 0.3) is 0 Å². The van der Waals surface area contributed by atoms with Gasteiger partial charge in [0, 0.05) is 37.0 Å². The summed E-state index contributed by atoms with van der Waals surface area (Å²) in [5.41, 5.74) is 7.83. The maximum Gasteiger partial charge on any atom is 0.123 e. The Bertz CT molecular complexity index is 419. The second-order valence-electron chi connectivity index (χ2n) is 5.43. The predicted molar refractivity (Wildman–Crippen MR) is 81.8 cm³/mol. The Kier molecular flexibility index (Phi) is 5.68. The highest BCUT2D eigenvalue weighted by molar-refractivity contribution is 5.47. The van der Waals surface area contributed by atoms with Gasteiger partial charge in [-0.2, -0.15) is 0 Å². The first-order valence-electron chi connectivity index (χ1n) is 7.60. The van der Waals surface area contributed by atoms with E-state index < -0.39 is 0 Å². The fourth-order valence-electron chi connectivity index (χ4n) is 2.65. The molecular weight excluding hydrogens is 252 g/mol. The number of rotatable bonds is 8. The van der Waals surface area contributed by atoms with E-state index >= 15 is 0 Å². The monoisotopic (exact) mass is 278 g/mol. The van der Waals surface area contributed by atoms with Crippen LogP contribution in [0.2, 0.25) is 0 Å². The largest absolute Gasteiger partial charge is 0.494 e. The highest BCUT2D eigenvalue weighted by Gasteiger charge is 2.25. The molecule has 0 heterocycles. The van der Waals surface area contributed by atoms with E-state index in [0.717, 1.165) is 36.5 Å². The van der Waals surface area contributed by atoms with Crippen molar-refractivity contribution in [2.45, 2.75) is 45.2 Å². The van der Waals surface area contributed by atoms with Crippen molar-refractivity contribution in [3.63, 3.8) is 0 Å². The third-order valence-electron chi connectivity index (χ3n) is 3.95. The first kappa shape index (κ1) is 15.1. The Morgan fingerprint density at radius 2 is 2.20 bits per heavy atom. The highest BCUT2D eigenvalue weighted by Crippen LogP contribution is 2.29. The van der Waals surface area contributed by atoms with Crippen molar-refractivity contribution in [3.05, 3.63) is 23.8 Å². The average molecular weight is 278 g/mol. The van der Waals surface area contributed by atoms with Crippen LogP contribution >= 0.6 is 0 Å². The Hall–Kier alpha value is -1.26. The van der Waals surface area contributed by atoms with E-state index in [-0.39, 0.29) is 6.61 Å². The molecule has 1 aromatic rings. The number of nitrogen functional groups attached to an aromatic ring is 1. The molecule has 1 aromatic carbocycles. The summed E-state index contributed by atoms with van der Waals surface area (Å²) in [6.07, 6.45) is 4.66. The summed E-state index contributed by atoms with van der Waals surface area (Å²) < 4.78 is 5.70. The molecule has 0 aromatic heterocycles. The minimum atomic E-state index is 0.248. The third kappa shape index (κ3) is 3.87. The van der Waals surface area contributed by atoms with Crippen molar-refractivity contribution in [3.8, 4) is 5.75 Å². The number of nitrogens with two attached hydrogens (primary N) is 1. The fraction of sp³-hybridized carbons (Fsp3) is 0.625. The number of aliphatic hydroxyl groups is 1. The van der Waals surface area contributed by atoms with Crippen molar-refractivity contribution < 1.29 is 9.84 Å². The normalized spacial score (nSPS) is 15.3. The van der Waals surface area contributed by atoms with E-state index in [9.17, 15) is 0 Å². The minimum Gasteiger partial charge on any atom is -0.494 e. The Labute approximate surface area is 121 Å². The standard InChI is InChI=1S/C16H26N2O2/c1-2-20-16-8-7-14(17)11-13(16)12-18(9-4-10-19)15-5-3-6-15/h7-8,11,15,19H,2-6,9-10,12,17H2,1H3. The van der Waals surface area contributed by atoms with E-state index in [1.54, 1.807) is 0 Å². The molecule has 1 fully saturated rings. The van der Waals surface area contributed by atoms with Gasteiger partial charge >= 0.3 is 0 Å². The summed E-state index contributed by atoms with van der Waals surface area (Å²) >= 11 is 0. The summed E-state index contributed by atoms with van der Waals surface area (Å²) in [6, 6.07) is 6.50. The average Bonchev–Trinajstić information content (AvgIpc) is 2.37. The van der Waals surface area contributed by atoms with Crippen LogP contribution in [0.3, 0.4) is 0 Å². The van der Waals surface area contributed by atoms with Crippen LogP contribution in [0, 0.1) is 0 Å². The molecule has 0 radical (unpaired) electrons. The summed E-state index contributed by atoms with van der Waals surface area (Å²) in [6.45, 7) is 4.69. The van der Waals surface area contributed by atoms with Gasteiger partial charge in [-0.1, -0.05) is 6.42 Å². The molecule has 0 atom stereocenters. The Balaban J connectivity index is 2.09. The first-order valence-corrected chi connectivity index (χ1v) is 7.60. The number of hydrogen-bond donors (Lipinski definition) is 2. The van der Waals surface area contributed by atoms with E-state index in [2.05, 4.69) is 4.90 Å². The van der Waals surface area contributed by atoms with E-state index in [1.165, 1.54) is 19.3 Å². The smallest absolute Gasteiger partial charge is 0.123 e. The second-order valence-corrected chi connectivity index (χ2v) is 5.43. The van der Waals surface area contributed by atoms with Gasteiger partial charge in [0.2, 0.25) is 0 Å². The van der Waals surface area contributed by atoms with Crippen molar-refractivity contribution in [2.24, 2.45) is 0 Å². The molecule has 0 bridgehead atoms. The molecule has 0 spiro atoms. The molecule has 1 aliphatic rings. The molecule has 0 aliphatic heterocycles. The number of hydrogen-bond acceptors (Lipinski definition) is 4. The Morgan fingerprint density at radius 3 is 2.80 bits per heavy atom. The van der Waals surface area contributed by atoms with E-state index in [4.69, 9.17) is 15.6 Å². The van der Waals surface area contributed by atoms with Crippen molar-refractivity contribution in [1.29, 1.82) is 0 Å². The molecule has 0 amide bonds. The summed E-state index contributed by atoms with van der Waals surface area (Å²) in [5, 5.41) is 9.07. The van der Waals surface area contributed by atoms with Crippen LogP contribution < -0.4 is 10.5 Å². The molecule has 3 N–H and O–H groups in total. The first-order chi connectivity index (χ1) is 9.74. The van der Waals surface area contributed by atoms with E-state index in [0.29, 0.717) is 12.6 Å². The van der Waals surface area contributed by atoms with Crippen molar-refractivity contribution in [2.75, 3.05) is 25.5 Å². The molecule has 2 rings (SSSR count). The molecule has 1 aliphatic carbocycles. The highest BCUT2D eigenvalue weighted by atomic mass is 16.5. The lowest BCUT2D eigenvalue weighted by molar-refractivity contribution is 0.108. The lowest BCUT2D eigenvalue weighted by Gasteiger charge is -2.38. The molecule has 1 saturated carbocycles. The van der Waals surface area contributed by atoms with Crippen LogP contribution in [0.5, 0.6) is 5.75 Å². The van der Waals surface area contributed by atoms with Gasteiger partial charge in [0.05, 0.1) is 6.61 Å². The number of benzene rings is 1. The minimum absolute atomic E-state index is 0.248. The van der Waals surface area contributed by atoms with Gasteiger partial charge in [-0.25, -0.2) is 0 Å². The number of aliphatic hydroxyl groups excluding tert-OH is 1. The van der Waals surface area contributed by atoms with Gasteiger partial charge in [-0.3, -0.25) is 4.90 Å². The number of nitrogens with zero attached hydrogens (tertiary/aromatic N) is 1. The van der Waals surface area contributed by atoms with E-state index in [1.807, 2.05) is 25.1 Å². The predicted octanol–water partition coefficient (Wildman–Crippen LogP) is 2.40. The zero-order valence-electron chi connectivity index (χ0n) is 12.3. The number of anilines is 1. The maximum atomic E-state index is 9.07. The van der Waals surface area contributed by atoms with Crippen molar-refractivity contribution in [1.82, 2.24) is 4.90 Å².